The molecule has 4 heterocycles. The first-order chi connectivity index (χ1) is 13.3. The molecule has 3 aliphatic rings. The van der Waals surface area contributed by atoms with Gasteiger partial charge in [-0.1, -0.05) is 0 Å². The van der Waals surface area contributed by atoms with Gasteiger partial charge in [0.1, 0.15) is 5.82 Å². The summed E-state index contributed by atoms with van der Waals surface area (Å²) in [5, 5.41) is 3.32. The van der Waals surface area contributed by atoms with Crippen LogP contribution in [0.5, 0.6) is 0 Å². The zero-order valence-electron chi connectivity index (χ0n) is 16.1. The van der Waals surface area contributed by atoms with Gasteiger partial charge in [0.2, 0.25) is 5.91 Å². The normalized spacial score (nSPS) is 26.1. The summed E-state index contributed by atoms with van der Waals surface area (Å²) < 4.78 is 5.47. The van der Waals surface area contributed by atoms with Gasteiger partial charge in [0, 0.05) is 56.7 Å². The number of rotatable bonds is 4. The van der Waals surface area contributed by atoms with E-state index in [0.717, 1.165) is 83.7 Å². The molecule has 1 aromatic heterocycles. The molecule has 27 heavy (non-hydrogen) atoms. The predicted octanol–water partition coefficient (Wildman–Crippen LogP) is 1.45. The van der Waals surface area contributed by atoms with Crippen LogP contribution in [0.25, 0.3) is 0 Å². The summed E-state index contributed by atoms with van der Waals surface area (Å²) in [6, 6.07) is 0.864. The zero-order chi connectivity index (χ0) is 18.5. The number of ether oxygens (including phenoxy) is 1. The lowest BCUT2D eigenvalue weighted by Gasteiger charge is -2.39. The number of anilines is 1. The Hall–Kier alpha value is -1.73. The van der Waals surface area contributed by atoms with Gasteiger partial charge in [-0.3, -0.25) is 9.78 Å². The van der Waals surface area contributed by atoms with Crippen molar-refractivity contribution < 1.29 is 9.53 Å². The highest BCUT2D eigenvalue weighted by atomic mass is 16.5. The Morgan fingerprint density at radius 2 is 1.89 bits per heavy atom. The van der Waals surface area contributed by atoms with Gasteiger partial charge in [0.25, 0.3) is 0 Å². The molecule has 0 aliphatic carbocycles. The molecule has 1 N–H and O–H groups in total. The average Bonchev–Trinajstić information content (AvgIpc) is 2.75. The van der Waals surface area contributed by atoms with Crippen LogP contribution in [0.15, 0.2) is 18.6 Å². The first-order valence-corrected chi connectivity index (χ1v) is 10.4. The lowest BCUT2D eigenvalue weighted by molar-refractivity contribution is -0.127. The van der Waals surface area contributed by atoms with E-state index in [2.05, 4.69) is 25.1 Å². The molecule has 7 nitrogen and oxygen atoms in total. The lowest BCUT2D eigenvalue weighted by Crippen LogP contribution is -2.51. The van der Waals surface area contributed by atoms with Crippen molar-refractivity contribution in [2.45, 2.75) is 50.6 Å². The Balaban J connectivity index is 1.24. The zero-order valence-corrected chi connectivity index (χ0v) is 16.1. The number of carbonyl (C=O) groups is 1. The molecule has 7 heteroatoms. The number of nitrogens with one attached hydrogen (secondary N) is 1. The summed E-state index contributed by atoms with van der Waals surface area (Å²) in [6.45, 7) is 5.66. The van der Waals surface area contributed by atoms with E-state index in [1.165, 1.54) is 0 Å². The fourth-order valence-electron chi connectivity index (χ4n) is 4.65. The van der Waals surface area contributed by atoms with E-state index in [0.29, 0.717) is 6.04 Å². The Bertz CT molecular complexity index is 600. The van der Waals surface area contributed by atoms with Crippen molar-refractivity contribution in [3.63, 3.8) is 0 Å². The van der Waals surface area contributed by atoms with Gasteiger partial charge in [0.15, 0.2) is 0 Å². The summed E-state index contributed by atoms with van der Waals surface area (Å²) in [5.74, 6) is 1.31. The number of likely N-dealkylation sites (tertiary alicyclic amines) is 1. The first-order valence-electron chi connectivity index (χ1n) is 10.4. The van der Waals surface area contributed by atoms with Crippen LogP contribution >= 0.6 is 0 Å². The van der Waals surface area contributed by atoms with Crippen molar-refractivity contribution >= 4 is 11.7 Å². The highest BCUT2D eigenvalue weighted by Gasteiger charge is 2.31. The van der Waals surface area contributed by atoms with E-state index in [-0.39, 0.29) is 17.9 Å². The van der Waals surface area contributed by atoms with Gasteiger partial charge < -0.3 is 19.9 Å². The van der Waals surface area contributed by atoms with Gasteiger partial charge in [-0.05, 0) is 51.6 Å². The summed E-state index contributed by atoms with van der Waals surface area (Å²) in [6.07, 6.45) is 11.6. The van der Waals surface area contributed by atoms with Gasteiger partial charge in [-0.25, -0.2) is 4.98 Å². The number of carbonyl (C=O) groups excluding carboxylic acids is 1. The Morgan fingerprint density at radius 3 is 2.63 bits per heavy atom. The molecule has 0 unspecified atom stereocenters. The van der Waals surface area contributed by atoms with Gasteiger partial charge in [0.05, 0.1) is 6.20 Å². The number of hydrogen-bond acceptors (Lipinski definition) is 6. The molecule has 0 radical (unpaired) electrons. The van der Waals surface area contributed by atoms with Crippen LogP contribution in [-0.2, 0) is 9.53 Å². The van der Waals surface area contributed by atoms with E-state index in [4.69, 9.17) is 4.74 Å². The van der Waals surface area contributed by atoms with E-state index < -0.39 is 0 Å². The van der Waals surface area contributed by atoms with Crippen molar-refractivity contribution in [1.29, 1.82) is 0 Å². The molecular weight excluding hydrogens is 342 g/mol. The molecule has 3 fully saturated rings. The molecule has 148 valence electrons. The quantitative estimate of drug-likeness (QED) is 0.862. The second-order valence-corrected chi connectivity index (χ2v) is 8.01. The minimum atomic E-state index is 0.160. The summed E-state index contributed by atoms with van der Waals surface area (Å²) >= 11 is 0. The minimum absolute atomic E-state index is 0.160. The van der Waals surface area contributed by atoms with Gasteiger partial charge >= 0.3 is 0 Å². The van der Waals surface area contributed by atoms with Crippen LogP contribution in [0, 0.1) is 5.92 Å². The molecule has 3 saturated heterocycles. The molecule has 1 aromatic rings. The van der Waals surface area contributed by atoms with E-state index in [1.54, 1.807) is 18.6 Å². The third kappa shape index (κ3) is 4.76. The highest BCUT2D eigenvalue weighted by molar-refractivity contribution is 5.79. The number of piperidine rings is 2. The van der Waals surface area contributed by atoms with Crippen LogP contribution in [0.3, 0.4) is 0 Å². The maximum Gasteiger partial charge on any atom is 0.223 e. The average molecular weight is 374 g/mol. The first kappa shape index (κ1) is 18.6. The van der Waals surface area contributed by atoms with Crippen molar-refractivity contribution in [2.75, 3.05) is 44.3 Å². The van der Waals surface area contributed by atoms with E-state index >= 15 is 0 Å². The summed E-state index contributed by atoms with van der Waals surface area (Å²) in [4.78, 5) is 26.2. The van der Waals surface area contributed by atoms with Crippen molar-refractivity contribution in [3.05, 3.63) is 18.6 Å². The third-order valence-corrected chi connectivity index (χ3v) is 6.25. The predicted molar refractivity (Wildman–Crippen MR) is 104 cm³/mol. The lowest BCUT2D eigenvalue weighted by atomic mass is 9.93. The van der Waals surface area contributed by atoms with E-state index in [1.807, 2.05) is 0 Å². The molecule has 0 bridgehead atoms. The number of nitrogens with zero attached hydrogens (tertiary/aromatic N) is 4. The van der Waals surface area contributed by atoms with Crippen LogP contribution in [0.1, 0.15) is 38.5 Å². The second kappa shape index (κ2) is 8.97. The Labute approximate surface area is 161 Å². The maximum atomic E-state index is 12.8. The fourth-order valence-corrected chi connectivity index (χ4v) is 4.65. The van der Waals surface area contributed by atoms with Crippen molar-refractivity contribution in [3.8, 4) is 0 Å². The molecule has 1 atom stereocenters. The van der Waals surface area contributed by atoms with Crippen LogP contribution in [0.2, 0.25) is 0 Å². The van der Waals surface area contributed by atoms with E-state index in [9.17, 15) is 4.79 Å². The van der Waals surface area contributed by atoms with Crippen LogP contribution in [-0.4, -0.2) is 72.3 Å². The monoisotopic (exact) mass is 373 g/mol. The van der Waals surface area contributed by atoms with Crippen molar-refractivity contribution in [2.24, 2.45) is 5.92 Å². The molecule has 1 amide bonds. The minimum Gasteiger partial charge on any atom is -0.381 e. The smallest absolute Gasteiger partial charge is 0.223 e. The molecule has 4 rings (SSSR count). The Morgan fingerprint density at radius 1 is 1.07 bits per heavy atom. The number of hydrogen-bond donors (Lipinski definition) is 1. The van der Waals surface area contributed by atoms with Crippen LogP contribution < -0.4 is 10.2 Å². The molecule has 0 spiro atoms. The largest absolute Gasteiger partial charge is 0.381 e. The SMILES string of the molecule is O=C(N[C@@H]1CCCN(c2cnccn2)C1)C1CCN(C2CCOCC2)CC1. The molecular formula is C20H31N5O2. The fraction of sp³-hybridized carbons (Fsp3) is 0.750. The Kier molecular flexibility index (Phi) is 6.19. The maximum absolute atomic E-state index is 12.8. The summed E-state index contributed by atoms with van der Waals surface area (Å²) in [7, 11) is 0. The third-order valence-electron chi connectivity index (χ3n) is 6.25. The molecule has 3 aliphatic heterocycles. The van der Waals surface area contributed by atoms with Gasteiger partial charge in [-0.2, -0.15) is 0 Å². The highest BCUT2D eigenvalue weighted by Crippen LogP contribution is 2.24. The summed E-state index contributed by atoms with van der Waals surface area (Å²) in [5.41, 5.74) is 0. The molecule has 0 aromatic carbocycles. The standard InChI is InChI=1S/C20H31N5O2/c26-20(16-3-10-24(11-4-16)18-5-12-27-13-6-18)23-17-2-1-9-25(15-17)19-14-21-7-8-22-19/h7-8,14,16-18H,1-6,9-13,15H2,(H,23,26)/t17-/m1/s1. The van der Waals surface area contributed by atoms with Crippen molar-refractivity contribution in [1.82, 2.24) is 20.2 Å². The topological polar surface area (TPSA) is 70.6 Å². The number of amides is 1. The van der Waals surface area contributed by atoms with Crippen LogP contribution in [0.4, 0.5) is 5.82 Å². The van der Waals surface area contributed by atoms with Gasteiger partial charge in [-0.15, -0.1) is 0 Å². The second-order valence-electron chi connectivity index (χ2n) is 8.01. The number of aromatic nitrogens is 2. The molecule has 0 saturated carbocycles.